The summed E-state index contributed by atoms with van der Waals surface area (Å²) in [7, 11) is 0. The summed E-state index contributed by atoms with van der Waals surface area (Å²) in [5.41, 5.74) is 3.10. The zero-order valence-electron chi connectivity index (χ0n) is 7.38. The van der Waals surface area contributed by atoms with Gasteiger partial charge in [0, 0.05) is 12.1 Å². The van der Waals surface area contributed by atoms with Crippen LogP contribution in [0.4, 0.5) is 0 Å². The number of pyridine rings is 1. The largest absolute Gasteiger partial charge is 0.199 e. The summed E-state index contributed by atoms with van der Waals surface area (Å²) in [5, 5.41) is 2.01. The Morgan fingerprint density at radius 3 is 2.64 bits per heavy atom. The highest BCUT2D eigenvalue weighted by Crippen LogP contribution is 2.08. The van der Waals surface area contributed by atoms with E-state index in [1.165, 1.54) is 0 Å². The molecule has 0 unspecified atom stereocenters. The highest BCUT2D eigenvalue weighted by Gasteiger charge is 2.05. The lowest BCUT2D eigenvalue weighted by Gasteiger charge is -1.98. The van der Waals surface area contributed by atoms with Crippen molar-refractivity contribution in [3.63, 3.8) is 0 Å². The first-order valence-corrected chi connectivity index (χ1v) is 5.46. The van der Waals surface area contributed by atoms with Gasteiger partial charge in [0.1, 0.15) is 0 Å². The number of rotatable bonds is 2. The van der Waals surface area contributed by atoms with Crippen molar-refractivity contribution in [2.45, 2.75) is 0 Å². The van der Waals surface area contributed by atoms with Crippen LogP contribution in [0.25, 0.3) is 0 Å². The van der Waals surface area contributed by atoms with Gasteiger partial charge in [-0.05, 0) is 11.4 Å². The van der Waals surface area contributed by atoms with E-state index >= 15 is 0 Å². The minimum absolute atomic E-state index is 0.746. The summed E-state index contributed by atoms with van der Waals surface area (Å²) in [5.74, 6) is 0. The third kappa shape index (κ3) is 2.16. The van der Waals surface area contributed by atoms with Gasteiger partial charge in [-0.25, -0.2) is 0 Å². The number of nitrogens with zero attached hydrogens (tertiary/aromatic N) is 1. The van der Waals surface area contributed by atoms with E-state index in [2.05, 4.69) is 5.43 Å². The summed E-state index contributed by atoms with van der Waals surface area (Å²) >= 11 is 6.87. The summed E-state index contributed by atoms with van der Waals surface area (Å²) in [6, 6.07) is 9.85. The van der Waals surface area contributed by atoms with Crippen LogP contribution < -0.4 is 10.1 Å². The predicted molar refractivity (Wildman–Crippen MR) is 62.0 cm³/mol. The lowest BCUT2D eigenvalue weighted by atomic mass is 10.5. The molecule has 2 nitrogen and oxygen atoms in total. The number of hydrogen-bond donors (Lipinski definition) is 1. The average Bonchev–Trinajstić information content (AvgIpc) is 2.72. The quantitative estimate of drug-likeness (QED) is 0.616. The second-order valence-corrected chi connectivity index (χ2v) is 4.06. The van der Waals surface area contributed by atoms with Gasteiger partial charge in [0.05, 0.1) is 4.88 Å². The fourth-order valence-electron chi connectivity index (χ4n) is 1.05. The molecular formula is C10H9N2S2+. The normalized spacial score (nSPS) is 9.71. The van der Waals surface area contributed by atoms with Crippen LogP contribution in [0.1, 0.15) is 4.88 Å². The van der Waals surface area contributed by atoms with E-state index in [9.17, 15) is 0 Å². The van der Waals surface area contributed by atoms with E-state index in [0.29, 0.717) is 0 Å². The molecule has 0 saturated carbocycles. The molecule has 0 bridgehead atoms. The van der Waals surface area contributed by atoms with E-state index in [0.717, 1.165) is 9.87 Å². The van der Waals surface area contributed by atoms with Crippen molar-refractivity contribution in [1.29, 1.82) is 0 Å². The fraction of sp³-hybridized carbons (Fsp3) is 0. The molecule has 0 aliphatic heterocycles. The Morgan fingerprint density at radius 1 is 1.21 bits per heavy atom. The maximum Gasteiger partial charge on any atom is 0.199 e. The van der Waals surface area contributed by atoms with Crippen molar-refractivity contribution in [3.05, 3.63) is 53.0 Å². The van der Waals surface area contributed by atoms with Crippen molar-refractivity contribution in [2.75, 3.05) is 5.43 Å². The van der Waals surface area contributed by atoms with Crippen LogP contribution in [0.5, 0.6) is 0 Å². The Balaban J connectivity index is 2.10. The molecule has 2 heterocycles. The molecule has 0 spiro atoms. The van der Waals surface area contributed by atoms with Crippen LogP contribution in [0.15, 0.2) is 48.1 Å². The molecule has 1 N–H and O–H groups in total. The molecule has 0 aliphatic carbocycles. The molecule has 0 radical (unpaired) electrons. The monoisotopic (exact) mass is 221 g/mol. The summed E-state index contributed by atoms with van der Waals surface area (Å²) in [4.78, 5) is 1.83. The van der Waals surface area contributed by atoms with Crippen molar-refractivity contribution in [2.24, 2.45) is 0 Å². The highest BCUT2D eigenvalue weighted by atomic mass is 32.1. The molecule has 0 saturated heterocycles. The minimum Gasteiger partial charge on any atom is -0.148 e. The van der Waals surface area contributed by atoms with Crippen molar-refractivity contribution in [3.8, 4) is 0 Å². The van der Waals surface area contributed by atoms with E-state index in [-0.39, 0.29) is 0 Å². The number of aromatic nitrogens is 1. The number of hydrogen-bond acceptors (Lipinski definition) is 2. The predicted octanol–water partition coefficient (Wildman–Crippen LogP) is 1.95. The molecular weight excluding hydrogens is 212 g/mol. The summed E-state index contributed by atoms with van der Waals surface area (Å²) in [6.07, 6.45) is 3.83. The molecule has 0 amide bonds. The average molecular weight is 221 g/mol. The number of nitrogens with one attached hydrogen (secondary N) is 1. The van der Waals surface area contributed by atoms with Crippen molar-refractivity contribution in [1.82, 2.24) is 0 Å². The highest BCUT2D eigenvalue weighted by molar-refractivity contribution is 7.81. The van der Waals surface area contributed by atoms with Crippen molar-refractivity contribution >= 4 is 28.5 Å². The molecule has 2 aromatic heterocycles. The molecule has 0 aliphatic rings. The Bertz CT molecular complexity index is 409. The first kappa shape index (κ1) is 9.30. The van der Waals surface area contributed by atoms with Gasteiger partial charge in [-0.3, -0.25) is 0 Å². The van der Waals surface area contributed by atoms with E-state index in [1.54, 1.807) is 11.3 Å². The first-order chi connectivity index (χ1) is 6.86. The van der Waals surface area contributed by atoms with Gasteiger partial charge in [-0.2, -0.15) is 0 Å². The third-order valence-corrected chi connectivity index (χ3v) is 3.02. The summed E-state index contributed by atoms with van der Waals surface area (Å²) in [6.45, 7) is 0. The van der Waals surface area contributed by atoms with Crippen LogP contribution in [0.3, 0.4) is 0 Å². The van der Waals surface area contributed by atoms with Crippen LogP contribution in [0, 0.1) is 0 Å². The Kier molecular flexibility index (Phi) is 2.86. The van der Waals surface area contributed by atoms with Crippen LogP contribution in [-0.2, 0) is 0 Å². The zero-order valence-corrected chi connectivity index (χ0v) is 9.02. The first-order valence-electron chi connectivity index (χ1n) is 4.17. The number of thiophene rings is 1. The molecule has 4 heteroatoms. The van der Waals surface area contributed by atoms with E-state index in [4.69, 9.17) is 12.2 Å². The topological polar surface area (TPSA) is 15.9 Å². The van der Waals surface area contributed by atoms with Crippen molar-refractivity contribution < 1.29 is 4.68 Å². The molecule has 70 valence electrons. The van der Waals surface area contributed by atoms with Gasteiger partial charge in [-0.1, -0.05) is 29.0 Å². The fourth-order valence-corrected chi connectivity index (χ4v) is 1.98. The maximum atomic E-state index is 5.23. The maximum absolute atomic E-state index is 5.23. The molecule has 0 fully saturated rings. The number of thiocarbonyl (C=S) groups is 1. The molecule has 14 heavy (non-hydrogen) atoms. The van der Waals surface area contributed by atoms with Crippen LogP contribution >= 0.6 is 23.6 Å². The Labute approximate surface area is 91.8 Å². The smallest absolute Gasteiger partial charge is 0.148 e. The minimum atomic E-state index is 0.746. The lowest BCUT2D eigenvalue weighted by Crippen LogP contribution is -2.46. The lowest BCUT2D eigenvalue weighted by molar-refractivity contribution is -0.639. The molecule has 0 aromatic carbocycles. The second-order valence-electron chi connectivity index (χ2n) is 2.70. The SMILES string of the molecule is S=C(N[n+]1ccccc1)c1cccs1. The van der Waals surface area contributed by atoms with Crippen LogP contribution in [0.2, 0.25) is 0 Å². The van der Waals surface area contributed by atoms with Gasteiger partial charge in [-0.15, -0.1) is 16.8 Å². The molecule has 2 aromatic rings. The molecule has 2 rings (SSSR count). The molecule has 0 atom stereocenters. The van der Waals surface area contributed by atoms with Crippen LogP contribution in [-0.4, -0.2) is 4.99 Å². The van der Waals surface area contributed by atoms with Gasteiger partial charge in [0.15, 0.2) is 17.4 Å². The third-order valence-electron chi connectivity index (χ3n) is 1.69. The van der Waals surface area contributed by atoms with Gasteiger partial charge >= 0.3 is 0 Å². The standard InChI is InChI=1S/C10H8N2S2/c13-10(9-5-4-8-14-9)11-12-6-2-1-3-7-12/h1-8H/p+1. The Hall–Kier alpha value is -1.26. The second kappa shape index (κ2) is 4.30. The van der Waals surface area contributed by atoms with Gasteiger partial charge < -0.3 is 0 Å². The Morgan fingerprint density at radius 2 is 2.00 bits per heavy atom. The zero-order chi connectivity index (χ0) is 9.80. The van der Waals surface area contributed by atoms with E-state index < -0.39 is 0 Å². The van der Waals surface area contributed by atoms with Gasteiger partial charge in [0.25, 0.3) is 0 Å². The van der Waals surface area contributed by atoms with Gasteiger partial charge in [0.2, 0.25) is 0 Å². The van der Waals surface area contributed by atoms with E-state index in [1.807, 2.05) is 52.8 Å². The summed E-state index contributed by atoms with van der Waals surface area (Å²) < 4.78 is 1.84.